The molecule has 0 aliphatic rings. The molecule has 0 N–H and O–H groups in total. The van der Waals surface area contributed by atoms with Gasteiger partial charge < -0.3 is 0 Å². The van der Waals surface area contributed by atoms with Crippen LogP contribution in [0.25, 0.3) is 11.1 Å². The Labute approximate surface area is 170 Å². The van der Waals surface area contributed by atoms with E-state index in [1.54, 1.807) is 0 Å². The molecule has 0 aromatic heterocycles. The molecule has 30 heavy (non-hydrogen) atoms. The second-order valence-electron chi connectivity index (χ2n) is 6.09. The second-order valence-corrected chi connectivity index (χ2v) is 6.88. The Morgan fingerprint density at radius 3 is 1.83 bits per heavy atom. The number of alkyl halides is 9. The van der Waals surface area contributed by atoms with Crippen molar-refractivity contribution in [3.63, 3.8) is 0 Å². The normalized spacial score (nSPS) is 15.0. The highest BCUT2D eigenvalue weighted by Gasteiger charge is 2.82. The molecular formula is C17H8BrF9NO2. The lowest BCUT2D eigenvalue weighted by Crippen LogP contribution is -2.60. The molecule has 0 aliphatic heterocycles. The monoisotopic (exact) mass is 508 g/mol. The fourth-order valence-corrected chi connectivity index (χ4v) is 3.43. The van der Waals surface area contributed by atoms with Crippen LogP contribution in [-0.2, 0) is 5.67 Å². The minimum absolute atomic E-state index is 0.175. The standard InChI is InChI=1S/C17H8BrF9NO2/c1-8-6-11(14(19,16(22,23)24)15(20,21)17(25,26)27)13(12(18)7-8)9-2-4-10(5-3-9)28(29)30/h2-6H,1H3. The van der Waals surface area contributed by atoms with Crippen LogP contribution >= 0.6 is 15.9 Å². The van der Waals surface area contributed by atoms with E-state index < -0.39 is 55.7 Å². The smallest absolute Gasteiger partial charge is 0.258 e. The van der Waals surface area contributed by atoms with Gasteiger partial charge in [0.25, 0.3) is 5.69 Å². The van der Waals surface area contributed by atoms with Crippen molar-refractivity contribution >= 4 is 21.6 Å². The maximum atomic E-state index is 15.1. The number of non-ortho nitro benzene ring substituents is 1. The zero-order valence-electron chi connectivity index (χ0n) is 14.4. The quantitative estimate of drug-likeness (QED) is 0.252. The van der Waals surface area contributed by atoms with Gasteiger partial charge in [-0.3, -0.25) is 10.1 Å². The molecule has 1 unspecified atom stereocenters. The molecule has 13 heteroatoms. The minimum Gasteiger partial charge on any atom is -0.258 e. The molecule has 2 rings (SSSR count). The predicted molar refractivity (Wildman–Crippen MR) is 89.6 cm³/mol. The molecule has 0 aliphatic carbocycles. The summed E-state index contributed by atoms with van der Waals surface area (Å²) in [6.45, 7) is 1.01. The highest BCUT2D eigenvalue weighted by molar-refractivity contribution is 9.10. The maximum Gasteiger partial charge on any atom is 0.457 e. The van der Waals surface area contributed by atoms with E-state index in [9.17, 15) is 45.2 Å². The number of halogens is 10. The molecule has 0 fully saturated rings. The molecular weight excluding hydrogens is 501 g/mol. The number of rotatable bonds is 4. The Hall–Kier alpha value is -2.31. The van der Waals surface area contributed by atoms with Gasteiger partial charge in [-0.2, -0.15) is 35.1 Å². The van der Waals surface area contributed by atoms with E-state index in [0.29, 0.717) is 0 Å². The van der Waals surface area contributed by atoms with Crippen LogP contribution in [0, 0.1) is 23.1 Å². The van der Waals surface area contributed by atoms with Crippen LogP contribution in [0.4, 0.5) is 45.2 Å². The van der Waals surface area contributed by atoms with Gasteiger partial charge >= 0.3 is 23.9 Å². The lowest BCUT2D eigenvalue weighted by atomic mass is 9.82. The van der Waals surface area contributed by atoms with Crippen LogP contribution in [0.1, 0.15) is 11.1 Å². The topological polar surface area (TPSA) is 43.1 Å². The van der Waals surface area contributed by atoms with E-state index in [-0.39, 0.29) is 11.6 Å². The van der Waals surface area contributed by atoms with Crippen molar-refractivity contribution < 1.29 is 44.4 Å². The van der Waals surface area contributed by atoms with Gasteiger partial charge in [0.2, 0.25) is 0 Å². The molecule has 2 aromatic carbocycles. The third-order valence-corrected chi connectivity index (χ3v) is 4.67. The van der Waals surface area contributed by atoms with Crippen molar-refractivity contribution in [2.75, 3.05) is 0 Å². The lowest BCUT2D eigenvalue weighted by Gasteiger charge is -2.37. The Balaban J connectivity index is 2.95. The van der Waals surface area contributed by atoms with Crippen LogP contribution in [0.3, 0.4) is 0 Å². The van der Waals surface area contributed by atoms with Gasteiger partial charge in [0.05, 0.1) is 4.92 Å². The summed E-state index contributed by atoms with van der Waals surface area (Å²) >= 11 is 2.71. The molecule has 3 nitrogen and oxygen atoms in total. The Morgan fingerprint density at radius 1 is 0.933 bits per heavy atom. The van der Waals surface area contributed by atoms with E-state index >= 15 is 4.39 Å². The number of nitrogens with zero attached hydrogens (tertiary/aromatic N) is 1. The average molecular weight is 509 g/mol. The minimum atomic E-state index is -6.88. The highest BCUT2D eigenvalue weighted by Crippen LogP contribution is 2.60. The third-order valence-electron chi connectivity index (χ3n) is 4.07. The van der Waals surface area contributed by atoms with Gasteiger partial charge in [-0.1, -0.05) is 6.07 Å². The van der Waals surface area contributed by atoms with Crippen LogP contribution in [-0.4, -0.2) is 23.2 Å². The van der Waals surface area contributed by atoms with Crippen molar-refractivity contribution in [1.82, 2.24) is 0 Å². The summed E-state index contributed by atoms with van der Waals surface area (Å²) in [4.78, 5) is 9.84. The van der Waals surface area contributed by atoms with E-state index in [4.69, 9.17) is 0 Å². The van der Waals surface area contributed by atoms with Crippen molar-refractivity contribution in [1.29, 1.82) is 0 Å². The first kappa shape index (κ1) is 24.0. The first-order valence-corrected chi connectivity index (χ1v) is 8.42. The second kappa shape index (κ2) is 7.43. The number of aryl methyl sites for hydroxylation is 1. The summed E-state index contributed by atoms with van der Waals surface area (Å²) in [5.74, 6) is -6.86. The number of hydrogen-bond acceptors (Lipinski definition) is 2. The summed E-state index contributed by atoms with van der Waals surface area (Å²) in [5, 5.41) is 10.7. The van der Waals surface area contributed by atoms with Gasteiger partial charge in [0, 0.05) is 33.8 Å². The first-order chi connectivity index (χ1) is 13.4. The molecule has 0 heterocycles. The first-order valence-electron chi connectivity index (χ1n) is 7.63. The SMILES string of the molecule is Cc1[c]c(Br)c(-c2ccc([N+](=O)[O-])cc2)c(C(F)(C(F)(F)F)C(F)(F)C(F)(F)F)c1. The summed E-state index contributed by atoms with van der Waals surface area (Å²) in [6.07, 6.45) is -13.6. The van der Waals surface area contributed by atoms with E-state index in [2.05, 4.69) is 22.0 Å². The molecule has 0 spiro atoms. The number of benzene rings is 2. The Kier molecular flexibility index (Phi) is 5.94. The molecule has 1 atom stereocenters. The predicted octanol–water partition coefficient (Wildman–Crippen LogP) is 7.06. The third kappa shape index (κ3) is 3.74. The maximum absolute atomic E-state index is 15.1. The summed E-state index contributed by atoms with van der Waals surface area (Å²) < 4.78 is 121. The lowest BCUT2D eigenvalue weighted by molar-refractivity contribution is -0.389. The van der Waals surface area contributed by atoms with Crippen LogP contribution in [0.2, 0.25) is 0 Å². The van der Waals surface area contributed by atoms with E-state index in [0.717, 1.165) is 31.2 Å². The molecule has 163 valence electrons. The Morgan fingerprint density at radius 2 is 1.43 bits per heavy atom. The fraction of sp³-hybridized carbons (Fsp3) is 0.294. The average Bonchev–Trinajstić information content (AvgIpc) is 2.58. The van der Waals surface area contributed by atoms with Crippen LogP contribution in [0.5, 0.6) is 0 Å². The summed E-state index contributed by atoms with van der Waals surface area (Å²) in [7, 11) is 0. The van der Waals surface area contributed by atoms with E-state index in [1.807, 2.05) is 0 Å². The number of nitro groups is 1. The summed E-state index contributed by atoms with van der Waals surface area (Å²) in [6, 6.07) is 5.63. The van der Waals surface area contributed by atoms with Gasteiger partial charge in [-0.15, -0.1) is 0 Å². The van der Waals surface area contributed by atoms with Crippen LogP contribution in [0.15, 0.2) is 34.8 Å². The van der Waals surface area contributed by atoms with Gasteiger partial charge in [-0.25, -0.2) is 4.39 Å². The molecule has 0 amide bonds. The molecule has 1 radical (unpaired) electrons. The largest absolute Gasteiger partial charge is 0.457 e. The van der Waals surface area contributed by atoms with Crippen molar-refractivity contribution in [3.8, 4) is 11.1 Å². The van der Waals surface area contributed by atoms with Crippen molar-refractivity contribution in [2.45, 2.75) is 30.9 Å². The van der Waals surface area contributed by atoms with Crippen molar-refractivity contribution in [3.05, 3.63) is 62.1 Å². The Bertz CT molecular complexity index is 971. The number of hydrogen-bond donors (Lipinski definition) is 0. The molecule has 0 bridgehead atoms. The van der Waals surface area contributed by atoms with Gasteiger partial charge in [0.15, 0.2) is 0 Å². The van der Waals surface area contributed by atoms with Gasteiger partial charge in [0.1, 0.15) is 0 Å². The van der Waals surface area contributed by atoms with Crippen LogP contribution < -0.4 is 0 Å². The zero-order chi connectivity index (χ0) is 23.3. The number of nitro benzene ring substituents is 1. The molecule has 0 saturated carbocycles. The fourth-order valence-electron chi connectivity index (χ4n) is 2.68. The molecule has 2 aromatic rings. The zero-order valence-corrected chi connectivity index (χ0v) is 16.0. The highest BCUT2D eigenvalue weighted by atomic mass is 79.9. The van der Waals surface area contributed by atoms with Gasteiger partial charge in [-0.05, 0) is 46.1 Å². The summed E-state index contributed by atoms with van der Waals surface area (Å²) in [5.41, 5.74) is -10.6. The van der Waals surface area contributed by atoms with E-state index in [1.165, 1.54) is 0 Å². The molecule has 0 saturated heterocycles. The van der Waals surface area contributed by atoms with Crippen molar-refractivity contribution in [2.24, 2.45) is 0 Å².